The number of nitrogens with one attached hydrogen (secondary N) is 1. The minimum absolute atomic E-state index is 0. The average molecular weight is 290 g/mol. The maximum atomic E-state index is 13.7. The summed E-state index contributed by atoms with van der Waals surface area (Å²) in [5, 5.41) is 11.2. The van der Waals surface area contributed by atoms with Crippen LogP contribution in [0.4, 0.5) is 10.1 Å². The fraction of sp³-hybridized carbons (Fsp3) is 0.455. The van der Waals surface area contributed by atoms with Crippen LogP contribution in [-0.2, 0) is 20.6 Å². The largest absolute Gasteiger partial charge is 0.478 e. The van der Waals surface area contributed by atoms with Crippen LogP contribution in [0.5, 0.6) is 5.88 Å². The number of halogens is 2. The van der Waals surface area contributed by atoms with Gasteiger partial charge in [-0.05, 0) is 6.92 Å². The molecule has 2 aromatic rings. The first-order valence-corrected chi connectivity index (χ1v) is 5.52. The van der Waals surface area contributed by atoms with Gasteiger partial charge in [-0.3, -0.25) is 4.68 Å². The zero-order chi connectivity index (χ0) is 13.3. The molecule has 8 heteroatoms. The third kappa shape index (κ3) is 2.98. The monoisotopic (exact) mass is 289 g/mol. The Labute approximate surface area is 117 Å². The zero-order valence-electron chi connectivity index (χ0n) is 11.3. The molecule has 2 rings (SSSR count). The third-order valence-electron chi connectivity index (χ3n) is 2.71. The summed E-state index contributed by atoms with van der Waals surface area (Å²) in [5.41, 5.74) is 1.94. The number of hydrogen-bond acceptors (Lipinski definition) is 4. The minimum Gasteiger partial charge on any atom is -0.478 e. The average Bonchev–Trinajstić information content (AvgIpc) is 2.79. The third-order valence-corrected chi connectivity index (χ3v) is 2.71. The number of rotatable bonds is 4. The fourth-order valence-electron chi connectivity index (χ4n) is 1.80. The van der Waals surface area contributed by atoms with Crippen molar-refractivity contribution >= 4 is 18.1 Å². The van der Waals surface area contributed by atoms with Crippen molar-refractivity contribution in [1.29, 1.82) is 0 Å². The summed E-state index contributed by atoms with van der Waals surface area (Å²) in [6.07, 6.45) is 1.78. The second kappa shape index (κ2) is 5.92. The predicted molar refractivity (Wildman–Crippen MR) is 72.2 cm³/mol. The van der Waals surface area contributed by atoms with Crippen molar-refractivity contribution < 1.29 is 9.13 Å². The van der Waals surface area contributed by atoms with Gasteiger partial charge in [-0.2, -0.15) is 9.49 Å². The lowest BCUT2D eigenvalue weighted by Crippen LogP contribution is -2.03. The molecule has 2 aromatic heterocycles. The molecule has 0 bridgehead atoms. The lowest BCUT2D eigenvalue weighted by atomic mass is 10.2. The van der Waals surface area contributed by atoms with E-state index in [9.17, 15) is 4.39 Å². The summed E-state index contributed by atoms with van der Waals surface area (Å²) in [7, 11) is 4.92. The number of anilines is 1. The molecule has 19 heavy (non-hydrogen) atoms. The Kier molecular flexibility index (Phi) is 4.77. The van der Waals surface area contributed by atoms with Gasteiger partial charge in [0.15, 0.2) is 0 Å². The number of aromatic nitrogens is 4. The SMILES string of the molecule is COc1nn(C)cc1NCc1c(C)nn(C)c1F.Cl. The van der Waals surface area contributed by atoms with E-state index in [2.05, 4.69) is 15.5 Å². The molecule has 0 aliphatic carbocycles. The van der Waals surface area contributed by atoms with Crippen molar-refractivity contribution in [3.63, 3.8) is 0 Å². The highest BCUT2D eigenvalue weighted by molar-refractivity contribution is 5.85. The fourth-order valence-corrected chi connectivity index (χ4v) is 1.80. The molecule has 0 radical (unpaired) electrons. The highest BCUT2D eigenvalue weighted by Gasteiger charge is 2.14. The normalized spacial score (nSPS) is 10.2. The molecule has 0 atom stereocenters. The zero-order valence-corrected chi connectivity index (χ0v) is 12.1. The topological polar surface area (TPSA) is 56.9 Å². The molecule has 0 aliphatic heterocycles. The maximum Gasteiger partial charge on any atom is 0.256 e. The van der Waals surface area contributed by atoms with E-state index in [1.54, 1.807) is 39.0 Å². The van der Waals surface area contributed by atoms with Gasteiger partial charge in [0, 0.05) is 26.2 Å². The van der Waals surface area contributed by atoms with Gasteiger partial charge in [-0.25, -0.2) is 4.68 Å². The lowest BCUT2D eigenvalue weighted by Gasteiger charge is -2.04. The van der Waals surface area contributed by atoms with E-state index in [4.69, 9.17) is 4.74 Å². The van der Waals surface area contributed by atoms with Gasteiger partial charge in [0.25, 0.3) is 5.88 Å². The standard InChI is InChI=1S/C11H16FN5O.ClH/c1-7-8(10(12)17(3)14-7)5-13-9-6-16(2)15-11(9)18-4;/h6,13H,5H2,1-4H3;1H. The van der Waals surface area contributed by atoms with Crippen LogP contribution in [0.3, 0.4) is 0 Å². The quantitative estimate of drug-likeness (QED) is 0.930. The second-order valence-electron chi connectivity index (χ2n) is 4.06. The number of hydrogen-bond donors (Lipinski definition) is 1. The molecule has 6 nitrogen and oxygen atoms in total. The molecule has 1 N–H and O–H groups in total. The Morgan fingerprint density at radius 3 is 2.58 bits per heavy atom. The van der Waals surface area contributed by atoms with Crippen molar-refractivity contribution in [1.82, 2.24) is 19.6 Å². The second-order valence-corrected chi connectivity index (χ2v) is 4.06. The molecule has 2 heterocycles. The van der Waals surface area contributed by atoms with E-state index in [0.29, 0.717) is 23.7 Å². The molecular weight excluding hydrogens is 273 g/mol. The van der Waals surface area contributed by atoms with Crippen molar-refractivity contribution in [3.05, 3.63) is 23.4 Å². The molecule has 106 valence electrons. The molecule has 0 fully saturated rings. The summed E-state index contributed by atoms with van der Waals surface area (Å²) in [6.45, 7) is 2.12. The lowest BCUT2D eigenvalue weighted by molar-refractivity contribution is 0.393. The van der Waals surface area contributed by atoms with Crippen molar-refractivity contribution in [3.8, 4) is 5.88 Å². The van der Waals surface area contributed by atoms with Crippen molar-refractivity contribution in [2.75, 3.05) is 12.4 Å². The first-order chi connectivity index (χ1) is 8.52. The molecule has 0 saturated heterocycles. The van der Waals surface area contributed by atoms with Gasteiger partial charge in [-0.1, -0.05) is 0 Å². The summed E-state index contributed by atoms with van der Waals surface area (Å²) in [5.74, 6) is 0.155. The molecule has 0 unspecified atom stereocenters. The number of aryl methyl sites for hydroxylation is 3. The molecule has 0 aliphatic rings. The van der Waals surface area contributed by atoms with E-state index in [-0.39, 0.29) is 18.4 Å². The van der Waals surface area contributed by atoms with Crippen molar-refractivity contribution in [2.24, 2.45) is 14.1 Å². The van der Waals surface area contributed by atoms with Crippen molar-refractivity contribution in [2.45, 2.75) is 13.5 Å². The van der Waals surface area contributed by atoms with E-state index >= 15 is 0 Å². The molecular formula is C11H17ClFN5O. The van der Waals surface area contributed by atoms with Crippen LogP contribution in [0, 0.1) is 12.9 Å². The Hall–Kier alpha value is -1.76. The highest BCUT2D eigenvalue weighted by Crippen LogP contribution is 2.22. The van der Waals surface area contributed by atoms with E-state index in [1.807, 2.05) is 0 Å². The Bertz CT molecular complexity index is 566. The smallest absolute Gasteiger partial charge is 0.256 e. The Morgan fingerprint density at radius 1 is 1.37 bits per heavy atom. The van der Waals surface area contributed by atoms with Gasteiger partial charge in [0.1, 0.15) is 5.69 Å². The number of nitrogens with zero attached hydrogens (tertiary/aromatic N) is 4. The van der Waals surface area contributed by atoms with E-state index in [0.717, 1.165) is 5.69 Å². The van der Waals surface area contributed by atoms with Gasteiger partial charge in [0.2, 0.25) is 5.95 Å². The van der Waals surface area contributed by atoms with Gasteiger partial charge in [-0.15, -0.1) is 17.5 Å². The first-order valence-electron chi connectivity index (χ1n) is 5.52. The molecule has 0 aromatic carbocycles. The van der Waals surface area contributed by atoms with Crippen LogP contribution < -0.4 is 10.1 Å². The number of ether oxygens (including phenoxy) is 1. The Balaban J connectivity index is 0.00000180. The highest BCUT2D eigenvalue weighted by atomic mass is 35.5. The molecule has 0 saturated carbocycles. The van der Waals surface area contributed by atoms with Gasteiger partial charge >= 0.3 is 0 Å². The predicted octanol–water partition coefficient (Wildman–Crippen LogP) is 1.64. The summed E-state index contributed by atoms with van der Waals surface area (Å²) in [6, 6.07) is 0. The molecule has 0 spiro atoms. The van der Waals surface area contributed by atoms with Gasteiger partial charge < -0.3 is 10.1 Å². The number of methoxy groups -OCH3 is 1. The van der Waals surface area contributed by atoms with Gasteiger partial charge in [0.05, 0.1) is 19.0 Å². The van der Waals surface area contributed by atoms with Crippen LogP contribution >= 0.6 is 12.4 Å². The first kappa shape index (κ1) is 15.3. The van der Waals surface area contributed by atoms with E-state index < -0.39 is 0 Å². The minimum atomic E-state index is -0.331. The van der Waals surface area contributed by atoms with Crippen LogP contribution in [0.2, 0.25) is 0 Å². The van der Waals surface area contributed by atoms with Crippen LogP contribution in [0.1, 0.15) is 11.3 Å². The molecule has 0 amide bonds. The van der Waals surface area contributed by atoms with Crippen LogP contribution in [-0.4, -0.2) is 26.7 Å². The summed E-state index contributed by atoms with van der Waals surface area (Å²) < 4.78 is 21.7. The Morgan fingerprint density at radius 2 is 2.05 bits per heavy atom. The summed E-state index contributed by atoms with van der Waals surface area (Å²) >= 11 is 0. The maximum absolute atomic E-state index is 13.7. The van der Waals surface area contributed by atoms with Crippen LogP contribution in [0.25, 0.3) is 0 Å². The summed E-state index contributed by atoms with van der Waals surface area (Å²) in [4.78, 5) is 0. The van der Waals surface area contributed by atoms with Crippen LogP contribution in [0.15, 0.2) is 6.20 Å². The van der Waals surface area contributed by atoms with E-state index in [1.165, 1.54) is 4.68 Å².